The van der Waals surface area contributed by atoms with Crippen LogP contribution >= 0.6 is 0 Å². The van der Waals surface area contributed by atoms with Crippen molar-refractivity contribution in [1.82, 2.24) is 9.97 Å². The van der Waals surface area contributed by atoms with Gasteiger partial charge in [-0.2, -0.15) is 4.98 Å². The van der Waals surface area contributed by atoms with E-state index < -0.39 is 5.82 Å². The lowest BCUT2D eigenvalue weighted by Gasteiger charge is -2.38. The van der Waals surface area contributed by atoms with Gasteiger partial charge in [0.2, 0.25) is 5.95 Å². The van der Waals surface area contributed by atoms with E-state index >= 15 is 0 Å². The van der Waals surface area contributed by atoms with Crippen LogP contribution in [-0.2, 0) is 4.74 Å². The quantitative estimate of drug-likeness (QED) is 0.872. The van der Waals surface area contributed by atoms with E-state index in [4.69, 9.17) is 4.74 Å². The smallest absolute Gasteiger partial charge is 0.227 e. The molecular formula is C14H23FN4O2. The Labute approximate surface area is 124 Å². The van der Waals surface area contributed by atoms with Crippen LogP contribution in [0.5, 0.6) is 0 Å². The second-order valence-electron chi connectivity index (χ2n) is 5.86. The lowest BCUT2D eigenvalue weighted by molar-refractivity contribution is -0.0114. The van der Waals surface area contributed by atoms with Crippen LogP contribution in [0.3, 0.4) is 0 Å². The summed E-state index contributed by atoms with van der Waals surface area (Å²) in [7, 11) is 5.34. The molecule has 1 aliphatic heterocycles. The Balaban J connectivity index is 2.15. The number of hydrogen-bond donors (Lipinski definition) is 1. The SMILES string of the molecule is CN(C)c1nc(N(C)CC2(CO)CCOCC2)ncc1F. The molecule has 1 saturated heterocycles. The van der Waals surface area contributed by atoms with Gasteiger partial charge in [0, 0.05) is 46.3 Å². The lowest BCUT2D eigenvalue weighted by Crippen LogP contribution is -2.43. The normalized spacial score (nSPS) is 17.6. The molecule has 7 heteroatoms. The second kappa shape index (κ2) is 6.53. The summed E-state index contributed by atoms with van der Waals surface area (Å²) < 4.78 is 19.0. The first-order valence-corrected chi connectivity index (χ1v) is 7.07. The van der Waals surface area contributed by atoms with Crippen LogP contribution < -0.4 is 9.80 Å². The molecule has 0 aromatic carbocycles. The van der Waals surface area contributed by atoms with E-state index in [2.05, 4.69) is 9.97 Å². The summed E-state index contributed by atoms with van der Waals surface area (Å²) in [4.78, 5) is 11.8. The highest BCUT2D eigenvalue weighted by Gasteiger charge is 2.34. The molecular weight excluding hydrogens is 275 g/mol. The van der Waals surface area contributed by atoms with Crippen molar-refractivity contribution in [1.29, 1.82) is 0 Å². The molecule has 2 heterocycles. The molecule has 118 valence electrons. The summed E-state index contributed by atoms with van der Waals surface area (Å²) in [5.74, 6) is 0.274. The van der Waals surface area contributed by atoms with E-state index in [-0.39, 0.29) is 17.8 Å². The number of aliphatic hydroxyl groups is 1. The number of halogens is 1. The highest BCUT2D eigenvalue weighted by atomic mass is 19.1. The minimum absolute atomic E-state index is 0.0996. The third kappa shape index (κ3) is 3.59. The average molecular weight is 298 g/mol. The Morgan fingerprint density at radius 2 is 2.00 bits per heavy atom. The Kier molecular flexibility index (Phi) is 4.95. The van der Waals surface area contributed by atoms with Crippen molar-refractivity contribution in [2.24, 2.45) is 5.41 Å². The topological polar surface area (TPSA) is 61.7 Å². The number of rotatable bonds is 5. The molecule has 1 aromatic heterocycles. The number of nitrogens with zero attached hydrogens (tertiary/aromatic N) is 4. The number of ether oxygens (including phenoxy) is 1. The van der Waals surface area contributed by atoms with Gasteiger partial charge in [-0.1, -0.05) is 0 Å². The minimum atomic E-state index is -0.444. The number of aromatic nitrogens is 2. The lowest BCUT2D eigenvalue weighted by atomic mass is 9.80. The predicted octanol–water partition coefficient (Wildman–Crippen LogP) is 0.907. The molecule has 1 aromatic rings. The van der Waals surface area contributed by atoms with Crippen LogP contribution in [0.4, 0.5) is 16.2 Å². The third-order valence-electron chi connectivity index (χ3n) is 3.94. The molecule has 21 heavy (non-hydrogen) atoms. The molecule has 0 unspecified atom stereocenters. The van der Waals surface area contributed by atoms with Gasteiger partial charge in [0.1, 0.15) is 0 Å². The summed E-state index contributed by atoms with van der Waals surface area (Å²) in [6, 6.07) is 0. The van der Waals surface area contributed by atoms with Gasteiger partial charge in [0.05, 0.1) is 12.8 Å². The zero-order chi connectivity index (χ0) is 15.5. The van der Waals surface area contributed by atoms with Gasteiger partial charge in [0.25, 0.3) is 0 Å². The van der Waals surface area contributed by atoms with Gasteiger partial charge in [-0.3, -0.25) is 0 Å². The Morgan fingerprint density at radius 1 is 1.33 bits per heavy atom. The maximum Gasteiger partial charge on any atom is 0.227 e. The van der Waals surface area contributed by atoms with E-state index in [0.717, 1.165) is 12.8 Å². The molecule has 0 spiro atoms. The first-order valence-electron chi connectivity index (χ1n) is 7.07. The molecule has 1 fully saturated rings. The maximum atomic E-state index is 13.6. The minimum Gasteiger partial charge on any atom is -0.396 e. The average Bonchev–Trinajstić information content (AvgIpc) is 2.48. The van der Waals surface area contributed by atoms with E-state index in [9.17, 15) is 9.50 Å². The van der Waals surface area contributed by atoms with Crippen LogP contribution in [0, 0.1) is 11.2 Å². The van der Waals surface area contributed by atoms with E-state index in [0.29, 0.717) is 25.7 Å². The Morgan fingerprint density at radius 3 is 2.57 bits per heavy atom. The van der Waals surface area contributed by atoms with Crippen molar-refractivity contribution in [2.75, 3.05) is 57.3 Å². The Bertz CT molecular complexity index is 478. The van der Waals surface area contributed by atoms with E-state index in [1.165, 1.54) is 6.20 Å². The molecule has 6 nitrogen and oxygen atoms in total. The number of aliphatic hydroxyl groups excluding tert-OH is 1. The fourth-order valence-electron chi connectivity index (χ4n) is 2.59. The van der Waals surface area contributed by atoms with Crippen molar-refractivity contribution < 1.29 is 14.2 Å². The first kappa shape index (κ1) is 15.9. The summed E-state index contributed by atoms with van der Waals surface area (Å²) in [6.45, 7) is 2.02. The van der Waals surface area contributed by atoms with E-state index in [1.807, 2.05) is 11.9 Å². The van der Waals surface area contributed by atoms with Crippen molar-refractivity contribution in [3.8, 4) is 0 Å². The van der Waals surface area contributed by atoms with Crippen molar-refractivity contribution in [3.63, 3.8) is 0 Å². The largest absolute Gasteiger partial charge is 0.396 e. The zero-order valence-electron chi connectivity index (χ0n) is 12.8. The predicted molar refractivity (Wildman–Crippen MR) is 79.2 cm³/mol. The van der Waals surface area contributed by atoms with Crippen molar-refractivity contribution >= 4 is 11.8 Å². The molecule has 2 rings (SSSR count). The molecule has 0 aliphatic carbocycles. The molecule has 1 aliphatic rings. The molecule has 0 amide bonds. The fraction of sp³-hybridized carbons (Fsp3) is 0.714. The van der Waals surface area contributed by atoms with Gasteiger partial charge < -0.3 is 19.6 Å². The van der Waals surface area contributed by atoms with Gasteiger partial charge in [-0.25, -0.2) is 9.37 Å². The van der Waals surface area contributed by atoms with Crippen LogP contribution in [-0.4, -0.2) is 62.6 Å². The van der Waals surface area contributed by atoms with Crippen LogP contribution in [0.25, 0.3) is 0 Å². The number of anilines is 2. The van der Waals surface area contributed by atoms with Gasteiger partial charge >= 0.3 is 0 Å². The van der Waals surface area contributed by atoms with Gasteiger partial charge in [-0.05, 0) is 12.8 Å². The molecule has 0 atom stereocenters. The zero-order valence-corrected chi connectivity index (χ0v) is 12.8. The fourth-order valence-corrected chi connectivity index (χ4v) is 2.59. The summed E-state index contributed by atoms with van der Waals surface area (Å²) in [6.07, 6.45) is 2.79. The highest BCUT2D eigenvalue weighted by Crippen LogP contribution is 2.31. The van der Waals surface area contributed by atoms with Crippen LogP contribution in [0.1, 0.15) is 12.8 Å². The maximum absolute atomic E-state index is 13.6. The second-order valence-corrected chi connectivity index (χ2v) is 5.86. The third-order valence-corrected chi connectivity index (χ3v) is 3.94. The standard InChI is InChI=1S/C14H23FN4O2/c1-18(2)12-11(15)8-16-13(17-12)19(3)9-14(10-20)4-6-21-7-5-14/h8,20H,4-7,9-10H2,1-3H3. The monoisotopic (exact) mass is 298 g/mol. The Hall–Kier alpha value is -1.47. The molecule has 0 saturated carbocycles. The first-order chi connectivity index (χ1) is 9.97. The molecule has 0 radical (unpaired) electrons. The molecule has 1 N–H and O–H groups in total. The van der Waals surface area contributed by atoms with Gasteiger partial charge in [0.15, 0.2) is 11.6 Å². The summed E-state index contributed by atoms with van der Waals surface area (Å²) in [5.41, 5.74) is -0.205. The van der Waals surface area contributed by atoms with Crippen LogP contribution in [0.2, 0.25) is 0 Å². The van der Waals surface area contributed by atoms with Crippen molar-refractivity contribution in [3.05, 3.63) is 12.0 Å². The number of hydrogen-bond acceptors (Lipinski definition) is 6. The highest BCUT2D eigenvalue weighted by molar-refractivity contribution is 5.43. The summed E-state index contributed by atoms with van der Waals surface area (Å²) in [5, 5.41) is 9.73. The van der Waals surface area contributed by atoms with Crippen molar-refractivity contribution in [2.45, 2.75) is 12.8 Å². The van der Waals surface area contributed by atoms with Crippen LogP contribution in [0.15, 0.2) is 6.20 Å². The molecule has 0 bridgehead atoms. The summed E-state index contributed by atoms with van der Waals surface area (Å²) >= 11 is 0. The van der Waals surface area contributed by atoms with Gasteiger partial charge in [-0.15, -0.1) is 0 Å². The van der Waals surface area contributed by atoms with E-state index in [1.54, 1.807) is 19.0 Å².